The number of rotatable bonds is 7. The van der Waals surface area contributed by atoms with Gasteiger partial charge in [0.15, 0.2) is 0 Å². The second-order valence-corrected chi connectivity index (χ2v) is 7.04. The molecule has 1 aromatic carbocycles. The summed E-state index contributed by atoms with van der Waals surface area (Å²) in [7, 11) is -3.43. The Labute approximate surface area is 125 Å². The first-order valence-corrected chi connectivity index (χ1v) is 8.85. The lowest BCUT2D eigenvalue weighted by molar-refractivity contribution is -0.00475. The molecule has 1 N–H and O–H groups in total. The fourth-order valence-electron chi connectivity index (χ4n) is 2.27. The second kappa shape index (κ2) is 6.89. The number of alkyl halides is 1. The average molecular weight is 318 g/mol. The van der Waals surface area contributed by atoms with E-state index in [4.69, 9.17) is 16.3 Å². The van der Waals surface area contributed by atoms with E-state index >= 15 is 0 Å². The van der Waals surface area contributed by atoms with Gasteiger partial charge in [-0.3, -0.25) is 0 Å². The molecule has 2 rings (SSSR count). The highest BCUT2D eigenvalue weighted by Crippen LogP contribution is 2.25. The Balaban J connectivity index is 1.93. The van der Waals surface area contributed by atoms with Crippen LogP contribution in [-0.4, -0.2) is 33.1 Å². The van der Waals surface area contributed by atoms with Gasteiger partial charge in [0, 0.05) is 18.5 Å². The van der Waals surface area contributed by atoms with E-state index in [1.165, 1.54) is 0 Å². The van der Waals surface area contributed by atoms with Crippen LogP contribution in [-0.2, 0) is 21.2 Å². The van der Waals surface area contributed by atoms with Crippen molar-refractivity contribution in [3.63, 3.8) is 0 Å². The van der Waals surface area contributed by atoms with Crippen LogP contribution in [0, 0.1) is 0 Å². The normalized spacial score (nSPS) is 22.5. The molecule has 0 spiro atoms. The van der Waals surface area contributed by atoms with Gasteiger partial charge in [0.2, 0.25) is 10.0 Å². The van der Waals surface area contributed by atoms with Crippen molar-refractivity contribution in [1.29, 1.82) is 0 Å². The number of hydrogen-bond donors (Lipinski definition) is 1. The highest BCUT2D eigenvalue weighted by atomic mass is 35.5. The molecule has 0 unspecified atom stereocenters. The van der Waals surface area contributed by atoms with Crippen LogP contribution in [0.15, 0.2) is 29.2 Å². The Morgan fingerprint density at radius 3 is 2.50 bits per heavy atom. The number of halogens is 1. The lowest BCUT2D eigenvalue weighted by atomic mass is 9.90. The molecule has 1 saturated carbocycles. The molecule has 20 heavy (non-hydrogen) atoms. The fourth-order valence-corrected chi connectivity index (χ4v) is 3.75. The average Bonchev–Trinajstić information content (AvgIpc) is 2.37. The van der Waals surface area contributed by atoms with Gasteiger partial charge < -0.3 is 4.74 Å². The van der Waals surface area contributed by atoms with Crippen LogP contribution in [0.3, 0.4) is 0 Å². The van der Waals surface area contributed by atoms with E-state index in [9.17, 15) is 8.42 Å². The maximum atomic E-state index is 12.2. The summed E-state index contributed by atoms with van der Waals surface area (Å²) in [6.45, 7) is 2.62. The third-order valence-corrected chi connectivity index (χ3v) is 5.16. The minimum Gasteiger partial charge on any atom is -0.378 e. The molecule has 1 aliphatic rings. The molecule has 0 radical (unpaired) electrons. The van der Waals surface area contributed by atoms with Gasteiger partial charge in [0.05, 0.1) is 11.0 Å². The molecule has 0 bridgehead atoms. The van der Waals surface area contributed by atoms with Gasteiger partial charge in [-0.15, -0.1) is 11.6 Å². The summed E-state index contributed by atoms with van der Waals surface area (Å²) >= 11 is 5.66. The summed E-state index contributed by atoms with van der Waals surface area (Å²) in [6.07, 6.45) is 2.43. The smallest absolute Gasteiger partial charge is 0.240 e. The summed E-state index contributed by atoms with van der Waals surface area (Å²) in [5, 5.41) is 0. The minimum atomic E-state index is -3.43. The zero-order valence-electron chi connectivity index (χ0n) is 11.5. The summed E-state index contributed by atoms with van der Waals surface area (Å²) < 4.78 is 32.5. The van der Waals surface area contributed by atoms with Crippen LogP contribution in [0.4, 0.5) is 0 Å². The Kier molecular flexibility index (Phi) is 5.43. The predicted molar refractivity (Wildman–Crippen MR) is 79.6 cm³/mol. The molecular formula is C14H20ClNO3S. The van der Waals surface area contributed by atoms with Crippen molar-refractivity contribution in [2.24, 2.45) is 0 Å². The lowest BCUT2D eigenvalue weighted by Gasteiger charge is -2.35. The third kappa shape index (κ3) is 3.95. The lowest BCUT2D eigenvalue weighted by Crippen LogP contribution is -2.47. The van der Waals surface area contributed by atoms with E-state index < -0.39 is 10.0 Å². The molecule has 112 valence electrons. The minimum absolute atomic E-state index is 0.0148. The van der Waals surface area contributed by atoms with E-state index in [1.54, 1.807) is 24.3 Å². The maximum absolute atomic E-state index is 12.2. The Hall–Kier alpha value is -0.620. The molecule has 6 heteroatoms. The van der Waals surface area contributed by atoms with Gasteiger partial charge in [-0.25, -0.2) is 13.1 Å². The molecule has 0 atom stereocenters. The van der Waals surface area contributed by atoms with Crippen molar-refractivity contribution in [3.05, 3.63) is 29.8 Å². The molecular weight excluding hydrogens is 298 g/mol. The number of sulfonamides is 1. The Morgan fingerprint density at radius 1 is 1.30 bits per heavy atom. The topological polar surface area (TPSA) is 55.4 Å². The maximum Gasteiger partial charge on any atom is 0.240 e. The molecule has 0 saturated heterocycles. The fraction of sp³-hybridized carbons (Fsp3) is 0.571. The van der Waals surface area contributed by atoms with Crippen molar-refractivity contribution in [1.82, 2.24) is 4.72 Å². The molecule has 0 aromatic heterocycles. The van der Waals surface area contributed by atoms with Gasteiger partial charge >= 0.3 is 0 Å². The number of aryl methyl sites for hydroxylation is 1. The summed E-state index contributed by atoms with van der Waals surface area (Å²) in [6, 6.07) is 6.85. The first-order chi connectivity index (χ1) is 9.55. The van der Waals surface area contributed by atoms with Crippen molar-refractivity contribution in [2.45, 2.75) is 43.2 Å². The zero-order chi connectivity index (χ0) is 14.6. The number of nitrogens with one attached hydrogen (secondary N) is 1. The molecule has 0 aliphatic heterocycles. The van der Waals surface area contributed by atoms with Gasteiger partial charge in [0.1, 0.15) is 0 Å². The van der Waals surface area contributed by atoms with Crippen molar-refractivity contribution in [2.75, 3.05) is 12.5 Å². The predicted octanol–water partition coefficient (Wildman–Crippen LogP) is 2.31. The van der Waals surface area contributed by atoms with Crippen LogP contribution < -0.4 is 4.72 Å². The van der Waals surface area contributed by atoms with Crippen LogP contribution in [0.1, 0.15) is 25.3 Å². The van der Waals surface area contributed by atoms with Crippen molar-refractivity contribution >= 4 is 21.6 Å². The monoisotopic (exact) mass is 317 g/mol. The van der Waals surface area contributed by atoms with Gasteiger partial charge in [0.25, 0.3) is 0 Å². The standard InChI is InChI=1S/C14H20ClNO3S/c1-2-19-13-9-12(10-13)16-20(17,18)14-5-3-11(4-6-14)7-8-15/h3-6,12-13,16H,2,7-10H2,1H3. The van der Waals surface area contributed by atoms with Gasteiger partial charge in [-0.1, -0.05) is 12.1 Å². The largest absolute Gasteiger partial charge is 0.378 e. The molecule has 1 aromatic rings. The van der Waals surface area contributed by atoms with Crippen LogP contribution >= 0.6 is 11.6 Å². The highest BCUT2D eigenvalue weighted by Gasteiger charge is 2.33. The van der Waals surface area contributed by atoms with Crippen LogP contribution in [0.2, 0.25) is 0 Å². The van der Waals surface area contributed by atoms with E-state index in [0.29, 0.717) is 17.4 Å². The molecule has 1 fully saturated rings. The van der Waals surface area contributed by atoms with Gasteiger partial charge in [-0.05, 0) is 43.9 Å². The van der Waals surface area contributed by atoms with E-state index in [0.717, 1.165) is 24.8 Å². The van der Waals surface area contributed by atoms with Crippen molar-refractivity contribution in [3.8, 4) is 0 Å². The highest BCUT2D eigenvalue weighted by molar-refractivity contribution is 7.89. The van der Waals surface area contributed by atoms with E-state index in [1.807, 2.05) is 6.92 Å². The molecule has 1 aliphatic carbocycles. The van der Waals surface area contributed by atoms with Crippen LogP contribution in [0.5, 0.6) is 0 Å². The number of ether oxygens (including phenoxy) is 1. The quantitative estimate of drug-likeness (QED) is 0.785. The number of benzene rings is 1. The first kappa shape index (κ1) is 15.8. The first-order valence-electron chi connectivity index (χ1n) is 6.84. The van der Waals surface area contributed by atoms with E-state index in [-0.39, 0.29) is 12.1 Å². The molecule has 0 amide bonds. The molecule has 0 heterocycles. The second-order valence-electron chi connectivity index (χ2n) is 4.95. The number of hydrogen-bond acceptors (Lipinski definition) is 3. The Bertz CT molecular complexity index is 524. The summed E-state index contributed by atoms with van der Waals surface area (Å²) in [5.74, 6) is 0.533. The summed E-state index contributed by atoms with van der Waals surface area (Å²) in [4.78, 5) is 0.302. The van der Waals surface area contributed by atoms with Crippen LogP contribution in [0.25, 0.3) is 0 Å². The van der Waals surface area contributed by atoms with Crippen molar-refractivity contribution < 1.29 is 13.2 Å². The van der Waals surface area contributed by atoms with E-state index in [2.05, 4.69) is 4.72 Å². The molecule has 4 nitrogen and oxygen atoms in total. The Morgan fingerprint density at radius 2 is 1.95 bits per heavy atom. The summed E-state index contributed by atoms with van der Waals surface area (Å²) in [5.41, 5.74) is 1.04. The SMILES string of the molecule is CCOC1CC(NS(=O)(=O)c2ccc(CCCl)cc2)C1. The third-order valence-electron chi connectivity index (χ3n) is 3.44. The zero-order valence-corrected chi connectivity index (χ0v) is 13.1. The van der Waals surface area contributed by atoms with Gasteiger partial charge in [-0.2, -0.15) is 0 Å².